The fourth-order valence-electron chi connectivity index (χ4n) is 9.19. The molecule has 0 amide bonds. The monoisotopic (exact) mass is 769 g/mol. The molecule has 0 aliphatic rings. The predicted molar refractivity (Wildman–Crippen MR) is 241 cm³/mol. The van der Waals surface area contributed by atoms with E-state index < -0.39 is 0 Å². The van der Waals surface area contributed by atoms with Crippen LogP contribution in [-0.2, 0) is 0 Å². The second-order valence-electron chi connectivity index (χ2n) is 15.1. The number of furan rings is 1. The summed E-state index contributed by atoms with van der Waals surface area (Å²) in [5.41, 5.74) is 14.2. The second kappa shape index (κ2) is 12.6. The molecule has 0 atom stereocenters. The van der Waals surface area contributed by atoms with E-state index in [1.807, 2.05) is 48.9 Å². The molecule has 0 bridgehead atoms. The Morgan fingerprint density at radius 3 is 2.03 bits per heavy atom. The molecule has 0 aliphatic carbocycles. The molecule has 0 saturated heterocycles. The smallest absolute Gasteiger partial charge is 0.237 e. The van der Waals surface area contributed by atoms with Crippen molar-refractivity contribution in [3.05, 3.63) is 188 Å². The molecule has 0 unspecified atom stereocenters. The lowest BCUT2D eigenvalue weighted by molar-refractivity contribution is 0.669. The summed E-state index contributed by atoms with van der Waals surface area (Å²) in [6, 6.07) is 59.2. The summed E-state index contributed by atoms with van der Waals surface area (Å²) in [6.07, 6.45) is 5.73. The molecule has 0 saturated carbocycles. The Balaban J connectivity index is 1.14. The van der Waals surface area contributed by atoms with Crippen LogP contribution in [0.5, 0.6) is 0 Å². The van der Waals surface area contributed by atoms with Crippen molar-refractivity contribution in [2.45, 2.75) is 0 Å². The lowest BCUT2D eigenvalue weighted by atomic mass is 9.97. The van der Waals surface area contributed by atoms with Gasteiger partial charge in [-0.05, 0) is 71.8 Å². The van der Waals surface area contributed by atoms with Gasteiger partial charge in [-0.3, -0.25) is 14.0 Å². The number of aromatic nitrogens is 7. The number of benzene rings is 6. The molecule has 280 valence electrons. The van der Waals surface area contributed by atoms with E-state index in [1.54, 1.807) is 0 Å². The number of pyridine rings is 2. The van der Waals surface area contributed by atoms with Crippen LogP contribution in [0.1, 0.15) is 0 Å². The average Bonchev–Trinajstić information content (AvgIpc) is 4.06. The molecular weight excluding hydrogens is 739 g/mol. The van der Waals surface area contributed by atoms with E-state index in [-0.39, 0.29) is 0 Å². The molecule has 13 rings (SSSR count). The molecule has 8 heteroatoms. The Morgan fingerprint density at radius 1 is 0.450 bits per heavy atom. The van der Waals surface area contributed by atoms with Gasteiger partial charge in [0.2, 0.25) is 5.95 Å². The topological polar surface area (TPSA) is 79.0 Å². The van der Waals surface area contributed by atoms with Gasteiger partial charge in [-0.15, -0.1) is 0 Å². The Bertz CT molecular complexity index is 3820. The summed E-state index contributed by atoms with van der Waals surface area (Å²) in [5, 5.41) is 5.38. The highest BCUT2D eigenvalue weighted by Gasteiger charge is 2.25. The van der Waals surface area contributed by atoms with E-state index in [0.717, 1.165) is 111 Å². The molecule has 6 aromatic carbocycles. The molecule has 0 aliphatic heterocycles. The van der Waals surface area contributed by atoms with Crippen molar-refractivity contribution in [1.82, 2.24) is 33.5 Å². The van der Waals surface area contributed by atoms with Gasteiger partial charge in [-0.2, -0.15) is 4.98 Å². The van der Waals surface area contributed by atoms with Gasteiger partial charge in [0.25, 0.3) is 0 Å². The van der Waals surface area contributed by atoms with Crippen LogP contribution < -0.4 is 0 Å². The number of imidazole rings is 1. The third-order valence-electron chi connectivity index (χ3n) is 11.8. The van der Waals surface area contributed by atoms with Crippen LogP contribution in [0.3, 0.4) is 0 Å². The maximum atomic E-state index is 6.38. The summed E-state index contributed by atoms with van der Waals surface area (Å²) in [7, 11) is 0. The highest BCUT2D eigenvalue weighted by atomic mass is 16.3. The van der Waals surface area contributed by atoms with Crippen molar-refractivity contribution >= 4 is 71.5 Å². The van der Waals surface area contributed by atoms with Crippen LogP contribution in [0.15, 0.2) is 193 Å². The molecule has 8 nitrogen and oxygen atoms in total. The molecule has 60 heavy (non-hydrogen) atoms. The predicted octanol–water partition coefficient (Wildman–Crippen LogP) is 12.6. The van der Waals surface area contributed by atoms with Gasteiger partial charge in [0, 0.05) is 62.3 Å². The Morgan fingerprint density at radius 2 is 1.18 bits per heavy atom. The first-order valence-electron chi connectivity index (χ1n) is 20.0. The zero-order valence-corrected chi connectivity index (χ0v) is 31.9. The standard InChI is InChI=1S/C52H31N7O/c1-3-13-32(14-4-1)47-40-29-34(22-23-42(40)58(35-24-26-53-27-25-35)50(47)33-15-5-2-6-16-33)48-49-51(57-28-12-11-21-46(57)54-49)56-52(55-48)59-41-19-9-7-17-36(41)38-31-45-39(30-43(38)59)37-18-8-10-20-44(37)60-45/h1-31H. The van der Waals surface area contributed by atoms with E-state index in [1.165, 1.54) is 0 Å². The van der Waals surface area contributed by atoms with Gasteiger partial charge >= 0.3 is 0 Å². The van der Waals surface area contributed by atoms with Gasteiger partial charge in [0.05, 0.1) is 22.2 Å². The SMILES string of the molecule is c1ccc(-c2c(-c3ccccc3)n(-c3ccncc3)c3ccc(-c4nc(-n5c6ccccc6c6cc7oc8ccccc8c7cc65)nc5c4nc4ccccn45)cc23)cc1. The quantitative estimate of drug-likeness (QED) is 0.174. The number of para-hydroxylation sites is 2. The van der Waals surface area contributed by atoms with E-state index >= 15 is 0 Å². The maximum Gasteiger partial charge on any atom is 0.237 e. The summed E-state index contributed by atoms with van der Waals surface area (Å²) >= 11 is 0. The summed E-state index contributed by atoms with van der Waals surface area (Å²) in [5.74, 6) is 0.559. The van der Waals surface area contributed by atoms with E-state index in [2.05, 4.69) is 158 Å². The van der Waals surface area contributed by atoms with Crippen molar-refractivity contribution in [2.24, 2.45) is 0 Å². The van der Waals surface area contributed by atoms with Crippen LogP contribution >= 0.6 is 0 Å². The molecule has 7 aromatic heterocycles. The highest BCUT2D eigenvalue weighted by molar-refractivity contribution is 6.17. The third kappa shape index (κ3) is 4.73. The minimum atomic E-state index is 0.559. The van der Waals surface area contributed by atoms with Gasteiger partial charge in [0.1, 0.15) is 28.0 Å². The first-order chi connectivity index (χ1) is 29.8. The van der Waals surface area contributed by atoms with Crippen molar-refractivity contribution < 1.29 is 4.42 Å². The number of hydrogen-bond acceptors (Lipinski definition) is 5. The first kappa shape index (κ1) is 32.7. The Labute approximate surface area is 341 Å². The Kier molecular flexibility index (Phi) is 6.85. The van der Waals surface area contributed by atoms with Crippen molar-refractivity contribution in [3.8, 4) is 45.3 Å². The fourth-order valence-corrected chi connectivity index (χ4v) is 9.19. The Hall–Kier alpha value is -8.36. The largest absolute Gasteiger partial charge is 0.456 e. The number of fused-ring (bicyclic) bond motifs is 10. The van der Waals surface area contributed by atoms with Crippen molar-refractivity contribution in [1.29, 1.82) is 0 Å². The maximum absolute atomic E-state index is 6.38. The lowest BCUT2D eigenvalue weighted by Crippen LogP contribution is -2.04. The van der Waals surface area contributed by atoms with Crippen molar-refractivity contribution in [2.75, 3.05) is 0 Å². The van der Waals surface area contributed by atoms with Gasteiger partial charge in [-0.25, -0.2) is 9.97 Å². The van der Waals surface area contributed by atoms with Crippen LogP contribution in [0, 0.1) is 0 Å². The molecule has 0 fully saturated rings. The van der Waals surface area contributed by atoms with Crippen LogP contribution in [0.4, 0.5) is 0 Å². The fraction of sp³-hybridized carbons (Fsp3) is 0. The van der Waals surface area contributed by atoms with E-state index in [9.17, 15) is 0 Å². The third-order valence-corrected chi connectivity index (χ3v) is 11.8. The minimum absolute atomic E-state index is 0.559. The first-order valence-corrected chi connectivity index (χ1v) is 20.0. The minimum Gasteiger partial charge on any atom is -0.456 e. The molecule has 0 spiro atoms. The number of nitrogens with zero attached hydrogens (tertiary/aromatic N) is 7. The summed E-state index contributed by atoms with van der Waals surface area (Å²) in [4.78, 5) is 20.5. The summed E-state index contributed by atoms with van der Waals surface area (Å²) < 4.78 is 13.0. The number of rotatable bonds is 5. The summed E-state index contributed by atoms with van der Waals surface area (Å²) in [6.45, 7) is 0. The van der Waals surface area contributed by atoms with Crippen LogP contribution in [0.25, 0.3) is 117 Å². The molecule has 0 radical (unpaired) electrons. The molecule has 7 heterocycles. The van der Waals surface area contributed by atoms with Gasteiger partial charge in [-0.1, -0.05) is 109 Å². The highest BCUT2D eigenvalue weighted by Crippen LogP contribution is 2.45. The molecule has 13 aromatic rings. The zero-order valence-electron chi connectivity index (χ0n) is 31.9. The zero-order chi connectivity index (χ0) is 39.3. The normalized spacial score (nSPS) is 12.0. The lowest BCUT2D eigenvalue weighted by Gasteiger charge is -2.13. The van der Waals surface area contributed by atoms with Gasteiger partial charge < -0.3 is 8.98 Å². The average molecular weight is 770 g/mol. The van der Waals surface area contributed by atoms with Crippen LogP contribution in [-0.4, -0.2) is 33.5 Å². The van der Waals surface area contributed by atoms with E-state index in [4.69, 9.17) is 19.4 Å². The second-order valence-corrected chi connectivity index (χ2v) is 15.1. The van der Waals surface area contributed by atoms with Crippen molar-refractivity contribution in [3.63, 3.8) is 0 Å². The van der Waals surface area contributed by atoms with Crippen LogP contribution in [0.2, 0.25) is 0 Å². The van der Waals surface area contributed by atoms with Gasteiger partial charge in [0.15, 0.2) is 5.65 Å². The molecular formula is C52H31N7O. The number of hydrogen-bond donors (Lipinski definition) is 0. The van der Waals surface area contributed by atoms with E-state index in [0.29, 0.717) is 5.95 Å². The molecule has 0 N–H and O–H groups in total.